The quantitative estimate of drug-likeness (QED) is 0.118. The van der Waals surface area contributed by atoms with E-state index >= 15 is 0 Å². The van der Waals surface area contributed by atoms with Crippen molar-refractivity contribution in [3.05, 3.63) is 217 Å². The number of anilines is 6. The van der Waals surface area contributed by atoms with Gasteiger partial charge in [-0.1, -0.05) is 109 Å². The van der Waals surface area contributed by atoms with E-state index in [4.69, 9.17) is 0 Å². The van der Waals surface area contributed by atoms with Crippen LogP contribution in [0.2, 0.25) is 0 Å². The highest BCUT2D eigenvalue weighted by Gasteiger charge is 2.49. The van der Waals surface area contributed by atoms with Crippen LogP contribution >= 0.6 is 0 Å². The van der Waals surface area contributed by atoms with Crippen LogP contribution in [-0.2, 0) is 16.6 Å². The normalized spacial score (nSPS) is 10.9. The fourth-order valence-electron chi connectivity index (χ4n) is 7.48. The molecule has 7 rings (SSSR count). The van der Waals surface area contributed by atoms with Crippen LogP contribution in [0.3, 0.4) is 0 Å². The number of benzene rings is 7. The maximum Gasteiger partial charge on any atom is 0.244 e. The van der Waals surface area contributed by atoms with E-state index < -0.39 is 16.6 Å². The van der Waals surface area contributed by atoms with Gasteiger partial charge in [0, 0.05) is 50.8 Å². The molecule has 0 atom stereocenters. The highest BCUT2D eigenvalue weighted by atomic mass is 15.2. The zero-order chi connectivity index (χ0) is 42.0. The lowest BCUT2D eigenvalue weighted by molar-refractivity contribution is 0.664. The molecule has 0 amide bonds. The third-order valence-electron chi connectivity index (χ3n) is 10.2. The zero-order valence-corrected chi connectivity index (χ0v) is 32.1. The summed E-state index contributed by atoms with van der Waals surface area (Å²) in [5, 5.41) is 68.8. The van der Waals surface area contributed by atoms with Gasteiger partial charge in [0.25, 0.3) is 0 Å². The first-order valence-corrected chi connectivity index (χ1v) is 18.8. The predicted molar refractivity (Wildman–Crippen MR) is 230 cm³/mol. The number of nitrogens with zero attached hydrogens (tertiary/aromatic N) is 9. The molecule has 9 heteroatoms. The molecule has 0 aliphatic rings. The van der Waals surface area contributed by atoms with Crippen molar-refractivity contribution in [3.63, 3.8) is 0 Å². The minimum absolute atomic E-state index is 0.0135. The first-order chi connectivity index (χ1) is 29.4. The molecule has 0 N–H and O–H groups in total. The van der Waals surface area contributed by atoms with Crippen LogP contribution in [0.1, 0.15) is 16.7 Å². The molecule has 0 fully saturated rings. The number of nitriles is 6. The van der Waals surface area contributed by atoms with E-state index in [0.717, 1.165) is 0 Å². The van der Waals surface area contributed by atoms with Gasteiger partial charge < -0.3 is 14.7 Å². The Morgan fingerprint density at radius 2 is 0.400 bits per heavy atom. The number of rotatable bonds is 12. The van der Waals surface area contributed by atoms with E-state index in [1.54, 1.807) is 160 Å². The molecule has 0 aliphatic carbocycles. The molecule has 0 aromatic heterocycles. The van der Waals surface area contributed by atoms with Crippen LogP contribution in [-0.4, -0.2) is 0 Å². The minimum Gasteiger partial charge on any atom is -0.307 e. The van der Waals surface area contributed by atoms with Gasteiger partial charge in [-0.25, -0.2) is 0 Å². The summed E-state index contributed by atoms with van der Waals surface area (Å²) in [6.45, 7) is 0. The van der Waals surface area contributed by atoms with Gasteiger partial charge in [0.05, 0.1) is 0 Å². The molecule has 0 heterocycles. The Hall–Kier alpha value is -9.12. The van der Waals surface area contributed by atoms with Crippen molar-refractivity contribution >= 4 is 34.1 Å². The summed E-state index contributed by atoms with van der Waals surface area (Å²) in [5.41, 5.74) is -3.67. The maximum absolute atomic E-state index is 11.5. The van der Waals surface area contributed by atoms with Gasteiger partial charge in [-0.2, -0.15) is 31.6 Å². The first kappa shape index (κ1) is 39.1. The fraction of sp³-hybridized carbons (Fsp3) is 0.0588. The van der Waals surface area contributed by atoms with E-state index in [1.165, 1.54) is 18.2 Å². The lowest BCUT2D eigenvalue weighted by atomic mass is 9.78. The van der Waals surface area contributed by atoms with Crippen molar-refractivity contribution in [3.8, 4) is 36.4 Å². The Bertz CT molecular complexity index is 2360. The van der Waals surface area contributed by atoms with Crippen molar-refractivity contribution in [2.24, 2.45) is 0 Å². The summed E-state index contributed by atoms with van der Waals surface area (Å²) in [4.78, 5) is 4.74. The Labute approximate surface area is 349 Å². The van der Waals surface area contributed by atoms with Crippen LogP contribution in [0, 0.1) is 68.0 Å². The van der Waals surface area contributed by atoms with E-state index in [-0.39, 0.29) is 16.7 Å². The monoisotopic (exact) mass is 771 g/mol. The summed E-state index contributed by atoms with van der Waals surface area (Å²) in [6.07, 6.45) is 0. The van der Waals surface area contributed by atoms with Gasteiger partial charge >= 0.3 is 0 Å². The molecule has 0 bridgehead atoms. The molecule has 7 aromatic carbocycles. The SMILES string of the molecule is N#CC(C#N)(c1cc(C(C#N)(C#N)N(c2ccccc2)c2ccccc2)cc(C(C#N)(C#N)N(c2ccccc2)c2ccccc2)c1)N(c1ccccc1)c1ccccc1. The second-order valence-corrected chi connectivity index (χ2v) is 13.6. The third-order valence-corrected chi connectivity index (χ3v) is 10.2. The Kier molecular flexibility index (Phi) is 11.0. The molecule has 0 saturated carbocycles. The average Bonchev–Trinajstić information content (AvgIpc) is 3.33. The van der Waals surface area contributed by atoms with Crippen LogP contribution in [0.5, 0.6) is 0 Å². The summed E-state index contributed by atoms with van der Waals surface area (Å²) in [6, 6.07) is 71.8. The molecule has 0 saturated heterocycles. The second-order valence-electron chi connectivity index (χ2n) is 13.6. The molecule has 0 aliphatic heterocycles. The second kappa shape index (κ2) is 16.9. The van der Waals surface area contributed by atoms with Gasteiger partial charge in [0.2, 0.25) is 16.6 Å². The van der Waals surface area contributed by atoms with Crippen molar-refractivity contribution in [1.29, 1.82) is 31.6 Å². The summed E-state index contributed by atoms with van der Waals surface area (Å²) in [5.74, 6) is 0. The standard InChI is InChI=1S/C51H33N9/c52-34-49(35-53,58(43-19-7-1-8-20-43)44-21-9-2-10-22-44)40-31-41(50(36-54,37-55)59(45-23-11-3-12-24-45)46-25-13-4-14-26-46)33-42(32-40)51(38-56,39-57)60(47-27-15-5-16-28-47)48-29-17-6-18-30-48/h1-33H. The van der Waals surface area contributed by atoms with Gasteiger partial charge in [-0.05, 0) is 91.0 Å². The molecule has 282 valence electrons. The Balaban J connectivity index is 1.65. The highest BCUT2D eigenvalue weighted by Crippen LogP contribution is 2.47. The van der Waals surface area contributed by atoms with Crippen molar-refractivity contribution < 1.29 is 0 Å². The first-order valence-electron chi connectivity index (χ1n) is 18.8. The third kappa shape index (κ3) is 6.75. The number of hydrogen-bond acceptors (Lipinski definition) is 9. The van der Waals surface area contributed by atoms with E-state index in [1.807, 2.05) is 36.4 Å². The van der Waals surface area contributed by atoms with E-state index in [9.17, 15) is 31.6 Å². The smallest absolute Gasteiger partial charge is 0.244 e. The zero-order valence-electron chi connectivity index (χ0n) is 32.1. The molecular formula is C51H33N9. The van der Waals surface area contributed by atoms with Crippen molar-refractivity contribution in [1.82, 2.24) is 0 Å². The highest BCUT2D eigenvalue weighted by molar-refractivity contribution is 5.77. The van der Waals surface area contributed by atoms with Crippen LogP contribution in [0.4, 0.5) is 34.1 Å². The van der Waals surface area contributed by atoms with Gasteiger partial charge in [-0.15, -0.1) is 0 Å². The van der Waals surface area contributed by atoms with Crippen molar-refractivity contribution in [2.45, 2.75) is 16.6 Å². The summed E-state index contributed by atoms with van der Waals surface area (Å²) in [7, 11) is 0. The lowest BCUT2D eigenvalue weighted by Crippen LogP contribution is -2.46. The van der Waals surface area contributed by atoms with Gasteiger partial charge in [-0.3, -0.25) is 0 Å². The van der Waals surface area contributed by atoms with Gasteiger partial charge in [0.1, 0.15) is 36.4 Å². The average molecular weight is 772 g/mol. The van der Waals surface area contributed by atoms with E-state index in [0.29, 0.717) is 34.1 Å². The molecule has 0 radical (unpaired) electrons. The molecule has 0 unspecified atom stereocenters. The maximum atomic E-state index is 11.5. The van der Waals surface area contributed by atoms with Crippen molar-refractivity contribution in [2.75, 3.05) is 14.7 Å². The van der Waals surface area contributed by atoms with Gasteiger partial charge in [0.15, 0.2) is 0 Å². The summed E-state index contributed by atoms with van der Waals surface area (Å²) < 4.78 is 0. The summed E-state index contributed by atoms with van der Waals surface area (Å²) >= 11 is 0. The van der Waals surface area contributed by atoms with Crippen LogP contribution in [0.15, 0.2) is 200 Å². The predicted octanol–water partition coefficient (Wildman–Crippen LogP) is 10.9. The fourth-order valence-corrected chi connectivity index (χ4v) is 7.48. The van der Waals surface area contributed by atoms with Crippen LogP contribution in [0.25, 0.3) is 0 Å². The van der Waals surface area contributed by atoms with E-state index in [2.05, 4.69) is 36.4 Å². The Morgan fingerprint density at radius 1 is 0.250 bits per heavy atom. The topological polar surface area (TPSA) is 152 Å². The number of para-hydroxylation sites is 6. The molecule has 9 nitrogen and oxygen atoms in total. The Morgan fingerprint density at radius 3 is 0.533 bits per heavy atom. The minimum atomic E-state index is -2.21. The molecule has 0 spiro atoms. The molecule has 60 heavy (non-hydrogen) atoms. The number of hydrogen-bond donors (Lipinski definition) is 0. The largest absolute Gasteiger partial charge is 0.307 e. The molecular weight excluding hydrogens is 739 g/mol. The lowest BCUT2D eigenvalue weighted by Gasteiger charge is -2.40. The van der Waals surface area contributed by atoms with Crippen LogP contribution < -0.4 is 14.7 Å². The molecule has 7 aromatic rings.